The van der Waals surface area contributed by atoms with E-state index in [1.807, 2.05) is 6.07 Å². The highest BCUT2D eigenvalue weighted by atomic mass is 19.1. The third-order valence-electron chi connectivity index (χ3n) is 5.42. The van der Waals surface area contributed by atoms with Gasteiger partial charge >= 0.3 is 0 Å². The summed E-state index contributed by atoms with van der Waals surface area (Å²) in [4.78, 5) is 5.03. The van der Waals surface area contributed by atoms with Gasteiger partial charge in [-0.1, -0.05) is 42.5 Å². The van der Waals surface area contributed by atoms with Crippen molar-refractivity contribution >= 4 is 0 Å². The van der Waals surface area contributed by atoms with E-state index in [0.29, 0.717) is 5.75 Å². The fourth-order valence-electron chi connectivity index (χ4n) is 4.12. The Morgan fingerprint density at radius 2 is 1.69 bits per heavy atom. The Morgan fingerprint density at radius 1 is 0.923 bits per heavy atom. The minimum atomic E-state index is -0.269. The molecule has 2 aliphatic heterocycles. The summed E-state index contributed by atoms with van der Waals surface area (Å²) in [5.41, 5.74) is 1.40. The summed E-state index contributed by atoms with van der Waals surface area (Å²) in [6.07, 6.45) is 2.71. The number of likely N-dealkylation sites (tertiary alicyclic amines) is 2. The van der Waals surface area contributed by atoms with E-state index in [1.165, 1.54) is 37.6 Å². The molecular weight excluding hydrogens is 327 g/mol. The van der Waals surface area contributed by atoms with E-state index in [1.54, 1.807) is 12.1 Å². The maximum atomic E-state index is 13.7. The van der Waals surface area contributed by atoms with Crippen LogP contribution in [0.5, 0.6) is 5.75 Å². The van der Waals surface area contributed by atoms with Crippen molar-refractivity contribution in [2.24, 2.45) is 5.92 Å². The van der Waals surface area contributed by atoms with Crippen molar-refractivity contribution in [2.45, 2.75) is 25.5 Å². The molecule has 4 heteroatoms. The lowest BCUT2D eigenvalue weighted by Gasteiger charge is -2.42. The number of hydrogen-bond acceptors (Lipinski definition) is 3. The summed E-state index contributed by atoms with van der Waals surface area (Å²) in [6.45, 7) is 6.36. The van der Waals surface area contributed by atoms with E-state index >= 15 is 0 Å². The Balaban J connectivity index is 1.21. The molecule has 2 aliphatic rings. The van der Waals surface area contributed by atoms with Gasteiger partial charge in [-0.25, -0.2) is 4.39 Å². The fourth-order valence-corrected chi connectivity index (χ4v) is 4.12. The molecule has 138 valence electrons. The average Bonchev–Trinajstić information content (AvgIpc) is 2.63. The molecule has 0 aromatic heterocycles. The maximum Gasteiger partial charge on any atom is 0.165 e. The molecule has 0 saturated carbocycles. The van der Waals surface area contributed by atoms with Gasteiger partial charge in [0.05, 0.1) is 0 Å². The number of halogens is 1. The van der Waals surface area contributed by atoms with Gasteiger partial charge in [0.25, 0.3) is 0 Å². The summed E-state index contributed by atoms with van der Waals surface area (Å²) < 4.78 is 19.4. The maximum absolute atomic E-state index is 13.7. The van der Waals surface area contributed by atoms with Gasteiger partial charge < -0.3 is 4.74 Å². The highest BCUT2D eigenvalue weighted by Crippen LogP contribution is 2.24. The Bertz CT molecular complexity index is 702. The molecule has 2 fully saturated rings. The lowest BCUT2D eigenvalue weighted by atomic mass is 9.95. The number of ether oxygens (including phenoxy) is 1. The van der Waals surface area contributed by atoms with Crippen molar-refractivity contribution in [3.8, 4) is 5.75 Å². The van der Waals surface area contributed by atoms with Gasteiger partial charge in [0, 0.05) is 32.7 Å². The van der Waals surface area contributed by atoms with Gasteiger partial charge in [0.15, 0.2) is 11.6 Å². The highest BCUT2D eigenvalue weighted by molar-refractivity contribution is 5.24. The van der Waals surface area contributed by atoms with Gasteiger partial charge in [-0.15, -0.1) is 0 Å². The highest BCUT2D eigenvalue weighted by Gasteiger charge is 2.32. The molecule has 26 heavy (non-hydrogen) atoms. The van der Waals surface area contributed by atoms with E-state index < -0.39 is 0 Å². The first-order valence-electron chi connectivity index (χ1n) is 9.66. The molecule has 4 rings (SSSR count). The Hall–Kier alpha value is -1.91. The zero-order chi connectivity index (χ0) is 17.8. The van der Waals surface area contributed by atoms with Crippen LogP contribution in [0.3, 0.4) is 0 Å². The van der Waals surface area contributed by atoms with Gasteiger partial charge in [0.1, 0.15) is 6.10 Å². The predicted octanol–water partition coefficient (Wildman–Crippen LogP) is 3.80. The number of nitrogens with zero attached hydrogens (tertiary/aromatic N) is 2. The number of benzene rings is 2. The Morgan fingerprint density at radius 3 is 2.50 bits per heavy atom. The van der Waals surface area contributed by atoms with Crippen LogP contribution in [0.15, 0.2) is 54.6 Å². The van der Waals surface area contributed by atoms with Gasteiger partial charge in [-0.2, -0.15) is 0 Å². The lowest BCUT2D eigenvalue weighted by Crippen LogP contribution is -2.56. The molecule has 0 spiro atoms. The van der Waals surface area contributed by atoms with Crippen LogP contribution in [0.4, 0.5) is 4.39 Å². The molecule has 0 bridgehead atoms. The molecule has 2 aromatic carbocycles. The molecule has 0 aliphatic carbocycles. The van der Waals surface area contributed by atoms with Crippen LogP contribution in [0, 0.1) is 11.7 Å². The summed E-state index contributed by atoms with van der Waals surface area (Å²) in [5, 5.41) is 0. The van der Waals surface area contributed by atoms with E-state index in [9.17, 15) is 4.39 Å². The number of hydrogen-bond donors (Lipinski definition) is 0. The molecule has 0 unspecified atom stereocenters. The molecule has 0 amide bonds. The third-order valence-corrected chi connectivity index (χ3v) is 5.42. The topological polar surface area (TPSA) is 15.7 Å². The third kappa shape index (κ3) is 4.43. The van der Waals surface area contributed by atoms with Crippen LogP contribution in [-0.4, -0.2) is 48.6 Å². The standard InChI is InChI=1S/C22H27FN2O/c23-21-10-4-5-11-22(21)26-20-16-25(17-20)15-19-9-6-12-24(14-19)13-18-7-2-1-3-8-18/h1-5,7-8,10-11,19-20H,6,9,12-17H2/t19-/m1/s1. The summed E-state index contributed by atoms with van der Waals surface area (Å²) in [5.74, 6) is 0.834. The van der Waals surface area contributed by atoms with Gasteiger partial charge in [-0.05, 0) is 43.0 Å². The van der Waals surface area contributed by atoms with Crippen molar-refractivity contribution in [1.82, 2.24) is 9.80 Å². The van der Waals surface area contributed by atoms with Crippen LogP contribution in [0.25, 0.3) is 0 Å². The van der Waals surface area contributed by atoms with Crippen LogP contribution in [0.1, 0.15) is 18.4 Å². The van der Waals surface area contributed by atoms with Gasteiger partial charge in [-0.3, -0.25) is 9.80 Å². The van der Waals surface area contributed by atoms with E-state index in [0.717, 1.165) is 32.1 Å². The Kier molecular flexibility index (Phi) is 5.51. The fraction of sp³-hybridized carbons (Fsp3) is 0.455. The molecule has 0 radical (unpaired) electrons. The largest absolute Gasteiger partial charge is 0.485 e. The van der Waals surface area contributed by atoms with Crippen molar-refractivity contribution in [2.75, 3.05) is 32.7 Å². The zero-order valence-corrected chi connectivity index (χ0v) is 15.2. The molecular formula is C22H27FN2O. The van der Waals surface area contributed by atoms with Crippen molar-refractivity contribution in [1.29, 1.82) is 0 Å². The van der Waals surface area contributed by atoms with E-state index in [-0.39, 0.29) is 11.9 Å². The quantitative estimate of drug-likeness (QED) is 0.785. The van der Waals surface area contributed by atoms with Crippen LogP contribution in [0.2, 0.25) is 0 Å². The summed E-state index contributed by atoms with van der Waals surface area (Å²) in [7, 11) is 0. The minimum absolute atomic E-state index is 0.121. The molecule has 2 saturated heterocycles. The van der Waals surface area contributed by atoms with Crippen molar-refractivity contribution in [3.05, 3.63) is 66.0 Å². The second-order valence-corrected chi connectivity index (χ2v) is 7.62. The van der Waals surface area contributed by atoms with Crippen molar-refractivity contribution < 1.29 is 9.13 Å². The first-order valence-corrected chi connectivity index (χ1v) is 9.66. The number of rotatable bonds is 6. The summed E-state index contributed by atoms with van der Waals surface area (Å²) >= 11 is 0. The first-order chi connectivity index (χ1) is 12.8. The second-order valence-electron chi connectivity index (χ2n) is 7.62. The molecule has 2 heterocycles. The van der Waals surface area contributed by atoms with Crippen LogP contribution < -0.4 is 4.74 Å². The SMILES string of the molecule is Fc1ccccc1OC1CN(C[C@@H]2CCCN(Cc3ccccc3)C2)C1. The average molecular weight is 354 g/mol. The zero-order valence-electron chi connectivity index (χ0n) is 15.2. The molecule has 1 atom stereocenters. The lowest BCUT2D eigenvalue weighted by molar-refractivity contribution is -0.000883. The predicted molar refractivity (Wildman–Crippen MR) is 102 cm³/mol. The van der Waals surface area contributed by atoms with Crippen LogP contribution >= 0.6 is 0 Å². The van der Waals surface area contributed by atoms with Crippen LogP contribution in [-0.2, 0) is 6.54 Å². The smallest absolute Gasteiger partial charge is 0.165 e. The monoisotopic (exact) mass is 354 g/mol. The second kappa shape index (κ2) is 8.19. The van der Waals surface area contributed by atoms with Gasteiger partial charge in [0.2, 0.25) is 0 Å². The number of para-hydroxylation sites is 1. The normalized spacial score (nSPS) is 22.1. The first kappa shape index (κ1) is 17.5. The van der Waals surface area contributed by atoms with E-state index in [4.69, 9.17) is 4.74 Å². The van der Waals surface area contributed by atoms with E-state index in [2.05, 4.69) is 40.1 Å². The van der Waals surface area contributed by atoms with Crippen molar-refractivity contribution in [3.63, 3.8) is 0 Å². The molecule has 0 N–H and O–H groups in total. The summed E-state index contributed by atoms with van der Waals surface area (Å²) in [6, 6.07) is 17.4. The molecule has 2 aromatic rings. The minimum Gasteiger partial charge on any atom is -0.485 e. The number of piperidine rings is 1. The Labute approximate surface area is 155 Å². The molecule has 3 nitrogen and oxygen atoms in total.